The van der Waals surface area contributed by atoms with E-state index in [1.165, 1.54) is 5.56 Å². The van der Waals surface area contributed by atoms with Gasteiger partial charge in [-0.1, -0.05) is 54.8 Å². The molecule has 2 fully saturated rings. The predicted octanol–water partition coefficient (Wildman–Crippen LogP) is 4.04. The van der Waals surface area contributed by atoms with Crippen LogP contribution in [0, 0.1) is 0 Å². The average Bonchev–Trinajstić information content (AvgIpc) is 3.39. The first-order valence-electron chi connectivity index (χ1n) is 10.5. The minimum Gasteiger partial charge on any atom is -0.338 e. The molecule has 0 amide bonds. The summed E-state index contributed by atoms with van der Waals surface area (Å²) < 4.78 is 33.4. The van der Waals surface area contributed by atoms with E-state index < -0.39 is 10.0 Å². The van der Waals surface area contributed by atoms with Crippen molar-refractivity contribution in [3.8, 4) is 0 Å². The maximum Gasteiger partial charge on any atom is 0.245 e. The summed E-state index contributed by atoms with van der Waals surface area (Å²) in [6, 6.07) is 10.1. The normalized spacial score (nSPS) is 21.9. The number of benzene rings is 1. The maximum atomic E-state index is 13.1. The number of aryl methyl sites for hydroxylation is 2. The zero-order chi connectivity index (χ0) is 19.4. The minimum atomic E-state index is -3.30. The van der Waals surface area contributed by atoms with Crippen LogP contribution in [-0.2, 0) is 22.9 Å². The molecule has 1 aromatic carbocycles. The number of aromatic nitrogens is 2. The van der Waals surface area contributed by atoms with Gasteiger partial charge < -0.3 is 4.52 Å². The van der Waals surface area contributed by atoms with Crippen LogP contribution in [0.4, 0.5) is 0 Å². The van der Waals surface area contributed by atoms with Gasteiger partial charge in [0.2, 0.25) is 15.9 Å². The second kappa shape index (κ2) is 8.74. The highest BCUT2D eigenvalue weighted by atomic mass is 32.2. The van der Waals surface area contributed by atoms with Crippen molar-refractivity contribution in [2.45, 2.75) is 75.5 Å². The van der Waals surface area contributed by atoms with Crippen molar-refractivity contribution in [2.24, 2.45) is 0 Å². The Morgan fingerprint density at radius 3 is 2.57 bits per heavy atom. The number of rotatable bonds is 7. The Morgan fingerprint density at radius 2 is 1.79 bits per heavy atom. The van der Waals surface area contributed by atoms with E-state index in [0.717, 1.165) is 64.2 Å². The van der Waals surface area contributed by atoms with Crippen molar-refractivity contribution in [2.75, 3.05) is 6.54 Å². The smallest absolute Gasteiger partial charge is 0.245 e. The zero-order valence-electron chi connectivity index (χ0n) is 16.3. The number of nitrogens with zero attached hydrogens (tertiary/aromatic N) is 3. The summed E-state index contributed by atoms with van der Waals surface area (Å²) in [7, 11) is -3.30. The molecule has 0 radical (unpaired) electrons. The van der Waals surface area contributed by atoms with Crippen LogP contribution in [0.2, 0.25) is 0 Å². The molecule has 0 unspecified atom stereocenters. The number of sulfonamides is 1. The molecule has 0 N–H and O–H groups in total. The highest BCUT2D eigenvalue weighted by Crippen LogP contribution is 2.37. The van der Waals surface area contributed by atoms with Crippen molar-refractivity contribution in [1.29, 1.82) is 0 Å². The van der Waals surface area contributed by atoms with Crippen molar-refractivity contribution >= 4 is 10.0 Å². The zero-order valence-corrected chi connectivity index (χ0v) is 17.1. The molecule has 1 saturated carbocycles. The molecule has 0 bridgehead atoms. The van der Waals surface area contributed by atoms with Crippen LogP contribution in [0.25, 0.3) is 0 Å². The van der Waals surface area contributed by atoms with Crippen molar-refractivity contribution in [1.82, 2.24) is 14.4 Å². The third kappa shape index (κ3) is 4.30. The van der Waals surface area contributed by atoms with Gasteiger partial charge in [0, 0.05) is 13.0 Å². The molecule has 4 rings (SSSR count). The molecule has 28 heavy (non-hydrogen) atoms. The number of hydrogen-bond donors (Lipinski definition) is 0. The lowest BCUT2D eigenvalue weighted by Crippen LogP contribution is -2.39. The fourth-order valence-corrected chi connectivity index (χ4v) is 6.69. The van der Waals surface area contributed by atoms with Gasteiger partial charge in [0.05, 0.1) is 5.25 Å². The predicted molar refractivity (Wildman–Crippen MR) is 107 cm³/mol. The van der Waals surface area contributed by atoms with E-state index in [2.05, 4.69) is 22.3 Å². The lowest BCUT2D eigenvalue weighted by Gasteiger charge is -2.29. The molecule has 6 nitrogen and oxygen atoms in total. The van der Waals surface area contributed by atoms with Crippen LogP contribution in [0.15, 0.2) is 34.9 Å². The SMILES string of the molecule is O=S(=O)(C1CCCCC1)N1CCC[C@H]1c1nc(CCCc2ccccc2)no1. The van der Waals surface area contributed by atoms with Crippen LogP contribution in [-0.4, -0.2) is 34.7 Å². The lowest BCUT2D eigenvalue weighted by atomic mass is 10.0. The maximum absolute atomic E-state index is 13.1. The van der Waals surface area contributed by atoms with Gasteiger partial charge in [-0.15, -0.1) is 0 Å². The molecular weight excluding hydrogens is 374 g/mol. The highest BCUT2D eigenvalue weighted by molar-refractivity contribution is 7.89. The quantitative estimate of drug-likeness (QED) is 0.697. The molecule has 152 valence electrons. The van der Waals surface area contributed by atoms with Crippen LogP contribution in [0.3, 0.4) is 0 Å². The Bertz CT molecular complexity index is 860. The van der Waals surface area contributed by atoms with Crippen molar-refractivity contribution in [3.63, 3.8) is 0 Å². The van der Waals surface area contributed by atoms with Crippen LogP contribution < -0.4 is 0 Å². The van der Waals surface area contributed by atoms with Gasteiger partial charge in [-0.05, 0) is 44.1 Å². The summed E-state index contributed by atoms with van der Waals surface area (Å²) in [6.07, 6.45) is 8.98. The summed E-state index contributed by atoms with van der Waals surface area (Å²) in [5, 5.41) is 3.87. The Labute approximate surface area is 167 Å². The Kier molecular flexibility index (Phi) is 6.11. The fraction of sp³-hybridized carbons (Fsp3) is 0.619. The van der Waals surface area contributed by atoms with Crippen LogP contribution in [0.1, 0.15) is 74.7 Å². The summed E-state index contributed by atoms with van der Waals surface area (Å²) in [5.74, 6) is 1.14. The summed E-state index contributed by atoms with van der Waals surface area (Å²) >= 11 is 0. The molecule has 1 aliphatic heterocycles. The molecule has 1 saturated heterocycles. The summed E-state index contributed by atoms with van der Waals surface area (Å²) in [6.45, 7) is 0.565. The van der Waals surface area contributed by atoms with E-state index in [1.807, 2.05) is 18.2 Å². The first kappa shape index (κ1) is 19.6. The molecule has 1 atom stereocenters. The van der Waals surface area contributed by atoms with Gasteiger partial charge in [0.1, 0.15) is 6.04 Å². The van der Waals surface area contributed by atoms with Crippen molar-refractivity contribution in [3.05, 3.63) is 47.6 Å². The van der Waals surface area contributed by atoms with E-state index in [4.69, 9.17) is 4.52 Å². The molecule has 1 aromatic heterocycles. The van der Waals surface area contributed by atoms with Gasteiger partial charge in [-0.3, -0.25) is 0 Å². The minimum absolute atomic E-state index is 0.241. The van der Waals surface area contributed by atoms with E-state index in [9.17, 15) is 8.42 Å². The monoisotopic (exact) mass is 403 g/mol. The van der Waals surface area contributed by atoms with Gasteiger partial charge in [0.25, 0.3) is 0 Å². The van der Waals surface area contributed by atoms with Gasteiger partial charge >= 0.3 is 0 Å². The second-order valence-electron chi connectivity index (χ2n) is 7.96. The first-order chi connectivity index (χ1) is 13.6. The Hall–Kier alpha value is -1.73. The largest absolute Gasteiger partial charge is 0.338 e. The van der Waals surface area contributed by atoms with E-state index in [0.29, 0.717) is 18.3 Å². The van der Waals surface area contributed by atoms with Gasteiger partial charge in [-0.2, -0.15) is 9.29 Å². The average molecular weight is 404 g/mol. The van der Waals surface area contributed by atoms with Crippen LogP contribution in [0.5, 0.6) is 0 Å². The van der Waals surface area contributed by atoms with Crippen molar-refractivity contribution < 1.29 is 12.9 Å². The third-order valence-electron chi connectivity index (χ3n) is 5.98. The fourth-order valence-electron chi connectivity index (χ4n) is 4.45. The third-order valence-corrected chi connectivity index (χ3v) is 8.39. The lowest BCUT2D eigenvalue weighted by molar-refractivity contribution is 0.285. The topological polar surface area (TPSA) is 76.3 Å². The molecule has 0 spiro atoms. The molecule has 2 aliphatic rings. The molecular formula is C21H29N3O3S. The van der Waals surface area contributed by atoms with E-state index in [1.54, 1.807) is 4.31 Å². The summed E-state index contributed by atoms with van der Waals surface area (Å²) in [5.41, 5.74) is 1.30. The molecule has 7 heteroatoms. The highest BCUT2D eigenvalue weighted by Gasteiger charge is 2.42. The number of hydrogen-bond acceptors (Lipinski definition) is 5. The molecule has 2 heterocycles. The van der Waals surface area contributed by atoms with E-state index in [-0.39, 0.29) is 11.3 Å². The Balaban J connectivity index is 1.39. The first-order valence-corrected chi connectivity index (χ1v) is 12.0. The standard InChI is InChI=1S/C21H29N3O3S/c25-28(26,18-12-5-2-6-13-18)24-16-8-14-19(24)21-22-20(23-27-21)15-7-11-17-9-3-1-4-10-17/h1,3-4,9-10,18-19H,2,5-8,11-16H2/t19-/m0/s1. The van der Waals surface area contributed by atoms with Gasteiger partial charge in [0.15, 0.2) is 5.82 Å². The Morgan fingerprint density at radius 1 is 1.00 bits per heavy atom. The van der Waals surface area contributed by atoms with Crippen LogP contribution >= 0.6 is 0 Å². The molecule has 2 aromatic rings. The van der Waals surface area contributed by atoms with Gasteiger partial charge in [-0.25, -0.2) is 8.42 Å². The second-order valence-corrected chi connectivity index (χ2v) is 10.1. The van der Waals surface area contributed by atoms with E-state index >= 15 is 0 Å². The summed E-state index contributed by atoms with van der Waals surface area (Å²) in [4.78, 5) is 4.55. The molecule has 1 aliphatic carbocycles.